The monoisotopic (exact) mass is 453 g/mol. The molecule has 1 atom stereocenters. The van der Waals surface area contributed by atoms with Gasteiger partial charge in [-0.05, 0) is 23.8 Å². The van der Waals surface area contributed by atoms with Crippen LogP contribution in [0.2, 0.25) is 5.15 Å². The number of esters is 1. The number of hydrogen-bond donors (Lipinski definition) is 1. The normalized spacial score (nSPS) is 12.4. The fourth-order valence-corrected chi connectivity index (χ4v) is 3.59. The molecule has 0 saturated carbocycles. The number of carbonyl (C=O) groups excluding carboxylic acids is 2. The largest absolute Gasteiger partial charge is 0.467 e. The highest BCUT2D eigenvalue weighted by Gasteiger charge is 2.22. The Morgan fingerprint density at radius 3 is 2.81 bits per heavy atom. The predicted octanol–water partition coefficient (Wildman–Crippen LogP) is 3.86. The molecule has 0 aliphatic heterocycles. The molecule has 0 radical (unpaired) electrons. The fourth-order valence-electron chi connectivity index (χ4n) is 2.32. The molecule has 0 bridgehead atoms. The maximum Gasteiger partial charge on any atom is 0.333 e. The molecule has 0 spiro atoms. The Morgan fingerprint density at radius 1 is 1.38 bits per heavy atom. The third kappa shape index (κ3) is 3.98. The van der Waals surface area contributed by atoms with Gasteiger partial charge in [0.25, 0.3) is 0 Å². The van der Waals surface area contributed by atoms with Crippen LogP contribution in [0.4, 0.5) is 0 Å². The van der Waals surface area contributed by atoms with Gasteiger partial charge in [-0.25, -0.2) is 9.78 Å². The standard InChI is InChI=1S/C17H13BrClN3O3S/c1-25-16(24)14(10-2-4-11(18)5-3-10)20-13(23)7-6-12-15(19)21-17-22(12)8-9-26-17/h2-9,14H,1H3,(H,20,23)/b7-6+. The summed E-state index contributed by atoms with van der Waals surface area (Å²) in [6.07, 6.45) is 4.68. The number of nitrogens with one attached hydrogen (secondary N) is 1. The highest BCUT2D eigenvalue weighted by molar-refractivity contribution is 9.10. The van der Waals surface area contributed by atoms with Crippen LogP contribution in [-0.2, 0) is 14.3 Å². The Balaban J connectivity index is 1.79. The first-order valence-corrected chi connectivity index (χ1v) is 9.47. The van der Waals surface area contributed by atoms with E-state index < -0.39 is 17.9 Å². The molecular formula is C17H13BrClN3O3S. The number of methoxy groups -OCH3 is 1. The lowest BCUT2D eigenvalue weighted by Crippen LogP contribution is -2.33. The van der Waals surface area contributed by atoms with Crippen LogP contribution >= 0.6 is 38.9 Å². The zero-order chi connectivity index (χ0) is 18.7. The number of thiazole rings is 1. The Kier molecular flexibility index (Phi) is 5.75. The van der Waals surface area contributed by atoms with Crippen molar-refractivity contribution in [3.63, 3.8) is 0 Å². The van der Waals surface area contributed by atoms with E-state index in [1.807, 2.05) is 11.6 Å². The number of nitrogens with zero attached hydrogens (tertiary/aromatic N) is 2. The lowest BCUT2D eigenvalue weighted by atomic mass is 10.1. The third-order valence-corrected chi connectivity index (χ3v) is 5.14. The smallest absolute Gasteiger partial charge is 0.333 e. The molecule has 3 aromatic rings. The van der Waals surface area contributed by atoms with Gasteiger partial charge in [0.15, 0.2) is 16.2 Å². The predicted molar refractivity (Wildman–Crippen MR) is 104 cm³/mol. The van der Waals surface area contributed by atoms with Crippen LogP contribution in [0.25, 0.3) is 11.0 Å². The number of fused-ring (bicyclic) bond motifs is 1. The molecule has 1 N–H and O–H groups in total. The van der Waals surface area contributed by atoms with E-state index in [-0.39, 0.29) is 0 Å². The molecule has 3 rings (SSSR count). The second kappa shape index (κ2) is 8.03. The van der Waals surface area contributed by atoms with Gasteiger partial charge in [-0.15, -0.1) is 11.3 Å². The van der Waals surface area contributed by atoms with E-state index in [1.54, 1.807) is 34.7 Å². The Hall–Kier alpha value is -2.16. The van der Waals surface area contributed by atoms with Gasteiger partial charge in [-0.1, -0.05) is 39.7 Å². The van der Waals surface area contributed by atoms with Crippen molar-refractivity contribution in [1.29, 1.82) is 0 Å². The van der Waals surface area contributed by atoms with Crippen LogP contribution in [0.3, 0.4) is 0 Å². The first-order valence-electron chi connectivity index (χ1n) is 7.42. The van der Waals surface area contributed by atoms with Gasteiger partial charge < -0.3 is 10.1 Å². The Labute approximate surface area is 166 Å². The first kappa shape index (κ1) is 18.6. The van der Waals surface area contributed by atoms with Crippen molar-refractivity contribution in [2.75, 3.05) is 7.11 Å². The average molecular weight is 455 g/mol. The molecule has 0 aliphatic rings. The summed E-state index contributed by atoms with van der Waals surface area (Å²) < 4.78 is 7.44. The van der Waals surface area contributed by atoms with Gasteiger partial charge in [0, 0.05) is 22.1 Å². The summed E-state index contributed by atoms with van der Waals surface area (Å²) >= 11 is 10.9. The first-order chi connectivity index (χ1) is 12.5. The van der Waals surface area contributed by atoms with E-state index in [0.717, 1.165) is 9.43 Å². The van der Waals surface area contributed by atoms with Crippen LogP contribution in [0.5, 0.6) is 0 Å². The number of ether oxygens (including phenoxy) is 1. The van der Waals surface area contributed by atoms with Crippen molar-refractivity contribution in [2.24, 2.45) is 0 Å². The van der Waals surface area contributed by atoms with Gasteiger partial charge in [-0.3, -0.25) is 9.20 Å². The molecule has 0 fully saturated rings. The molecule has 0 saturated heterocycles. The number of halogens is 2. The van der Waals surface area contributed by atoms with Crippen molar-refractivity contribution >= 4 is 61.8 Å². The summed E-state index contributed by atoms with van der Waals surface area (Å²) in [7, 11) is 1.27. The Morgan fingerprint density at radius 2 is 2.12 bits per heavy atom. The number of hydrogen-bond acceptors (Lipinski definition) is 5. The molecule has 26 heavy (non-hydrogen) atoms. The summed E-state index contributed by atoms with van der Waals surface area (Å²) in [5.74, 6) is -1.01. The Bertz CT molecular complexity index is 981. The number of carbonyl (C=O) groups is 2. The highest BCUT2D eigenvalue weighted by atomic mass is 79.9. The van der Waals surface area contributed by atoms with E-state index in [4.69, 9.17) is 16.3 Å². The maximum absolute atomic E-state index is 12.3. The summed E-state index contributed by atoms with van der Waals surface area (Å²) in [4.78, 5) is 29.3. The second-order valence-electron chi connectivity index (χ2n) is 5.19. The molecule has 6 nitrogen and oxygen atoms in total. The highest BCUT2D eigenvalue weighted by Crippen LogP contribution is 2.22. The van der Waals surface area contributed by atoms with Crippen LogP contribution < -0.4 is 5.32 Å². The molecule has 134 valence electrons. The lowest BCUT2D eigenvalue weighted by molar-refractivity contribution is -0.144. The lowest BCUT2D eigenvalue weighted by Gasteiger charge is -2.16. The molecule has 2 aromatic heterocycles. The number of rotatable bonds is 5. The van der Waals surface area contributed by atoms with Crippen molar-refractivity contribution in [3.8, 4) is 0 Å². The minimum atomic E-state index is -0.910. The van der Waals surface area contributed by atoms with Crippen molar-refractivity contribution in [3.05, 3.63) is 62.8 Å². The minimum Gasteiger partial charge on any atom is -0.467 e. The summed E-state index contributed by atoms with van der Waals surface area (Å²) in [5.41, 5.74) is 1.21. The van der Waals surface area contributed by atoms with Crippen LogP contribution in [0, 0.1) is 0 Å². The number of aromatic nitrogens is 2. The van der Waals surface area contributed by atoms with Gasteiger partial charge >= 0.3 is 5.97 Å². The second-order valence-corrected chi connectivity index (χ2v) is 7.34. The zero-order valence-electron chi connectivity index (χ0n) is 13.5. The number of benzene rings is 1. The zero-order valence-corrected chi connectivity index (χ0v) is 16.6. The van der Waals surface area contributed by atoms with Gasteiger partial charge in [0.2, 0.25) is 5.91 Å². The van der Waals surface area contributed by atoms with Gasteiger partial charge in [-0.2, -0.15) is 0 Å². The average Bonchev–Trinajstić information content (AvgIpc) is 3.19. The summed E-state index contributed by atoms with van der Waals surface area (Å²) in [5, 5.41) is 4.82. The van der Waals surface area contributed by atoms with Crippen molar-refractivity contribution < 1.29 is 14.3 Å². The van der Waals surface area contributed by atoms with Crippen molar-refractivity contribution in [2.45, 2.75) is 6.04 Å². The topological polar surface area (TPSA) is 72.7 Å². The molecule has 0 aliphatic carbocycles. The van der Waals surface area contributed by atoms with E-state index in [9.17, 15) is 9.59 Å². The summed E-state index contributed by atoms with van der Waals surface area (Å²) in [6, 6.07) is 6.13. The molecular weight excluding hydrogens is 442 g/mol. The SMILES string of the molecule is COC(=O)C(NC(=O)/C=C/c1c(Cl)nc2sccn12)c1ccc(Br)cc1. The van der Waals surface area contributed by atoms with Crippen molar-refractivity contribution in [1.82, 2.24) is 14.7 Å². The summed E-state index contributed by atoms with van der Waals surface area (Å²) in [6.45, 7) is 0. The maximum atomic E-state index is 12.3. The van der Waals surface area contributed by atoms with Gasteiger partial charge in [0.1, 0.15) is 0 Å². The molecule has 1 amide bonds. The minimum absolute atomic E-state index is 0.304. The molecule has 2 heterocycles. The van der Waals surface area contributed by atoms with Crippen LogP contribution in [-0.4, -0.2) is 28.4 Å². The third-order valence-electron chi connectivity index (χ3n) is 3.57. The van der Waals surface area contributed by atoms with E-state index >= 15 is 0 Å². The van der Waals surface area contributed by atoms with Crippen LogP contribution in [0.1, 0.15) is 17.3 Å². The molecule has 1 unspecified atom stereocenters. The van der Waals surface area contributed by atoms with E-state index in [1.165, 1.54) is 24.5 Å². The number of imidazole rings is 1. The quantitative estimate of drug-likeness (QED) is 0.469. The van der Waals surface area contributed by atoms with E-state index in [0.29, 0.717) is 16.4 Å². The van der Waals surface area contributed by atoms with E-state index in [2.05, 4.69) is 26.2 Å². The van der Waals surface area contributed by atoms with Crippen LogP contribution in [0.15, 0.2) is 46.4 Å². The number of amides is 1. The molecule has 1 aromatic carbocycles. The van der Waals surface area contributed by atoms with Gasteiger partial charge in [0.05, 0.1) is 12.8 Å². The fraction of sp³-hybridized carbons (Fsp3) is 0.118. The molecule has 9 heteroatoms.